The Hall–Kier alpha value is -3.93. The molecule has 0 spiro atoms. The second-order valence-electron chi connectivity index (χ2n) is 11.4. The van der Waals surface area contributed by atoms with Crippen LogP contribution in [0.4, 0.5) is 10.3 Å². The number of aliphatic carboxylic acids is 2. The van der Waals surface area contributed by atoms with Crippen molar-refractivity contribution < 1.29 is 153 Å². The van der Waals surface area contributed by atoms with Gasteiger partial charge in [0.25, 0.3) is 23.6 Å². The standard InChI is InChI=1S/2C14H13N5O5S2.Cs.2H2O4S/c2*1-2-5-3-25-12-8(11(21)19(12)9(5)13(22)23)17-10(20)7(18-24)6-4-26-14(15)16-6;;2*1-5(2,3)4/h2*2,4,8,12,24H,1,3H2,(H2,15,16)(H,17,20)(H,22,23);;2*(H2,1,2,3,4)/q;;+1;;/b2*18-7-;;;/t2*8-,12-;;;/m11.../s1. The molecule has 336 valence electrons. The molecule has 2 fully saturated rings. The summed E-state index contributed by atoms with van der Waals surface area (Å²) in [6.45, 7) is 7.12. The summed E-state index contributed by atoms with van der Waals surface area (Å²) in [4.78, 5) is 82.3. The predicted octanol–water partition coefficient (Wildman–Crippen LogP) is -4.65. The van der Waals surface area contributed by atoms with Crippen LogP contribution in [0.25, 0.3) is 0 Å². The van der Waals surface area contributed by atoms with Crippen molar-refractivity contribution in [2.24, 2.45) is 10.3 Å². The van der Waals surface area contributed by atoms with Crippen molar-refractivity contribution >= 4 is 124 Å². The van der Waals surface area contributed by atoms with E-state index < -0.39 is 79.2 Å². The van der Waals surface area contributed by atoms with E-state index in [0.717, 1.165) is 32.5 Å². The molecule has 4 atom stereocenters. The molecule has 28 nitrogen and oxygen atoms in total. The second kappa shape index (κ2) is 23.3. The maximum Gasteiger partial charge on any atom is 1.00 e. The monoisotopic (exact) mass is 1120 g/mol. The van der Waals surface area contributed by atoms with E-state index in [1.807, 2.05) is 0 Å². The van der Waals surface area contributed by atoms with Crippen molar-refractivity contribution in [3.63, 3.8) is 0 Å². The number of carbonyl (C=O) groups excluding carboxylic acids is 4. The van der Waals surface area contributed by atoms with E-state index in [9.17, 15) is 39.0 Å². The molecule has 0 unspecified atom stereocenters. The molecule has 6 rings (SSSR count). The number of nitrogens with two attached hydrogens (primary N) is 2. The molecule has 6 heterocycles. The van der Waals surface area contributed by atoms with Gasteiger partial charge in [-0.25, -0.2) is 19.6 Å². The molecule has 0 radical (unpaired) electrons. The number of nitrogen functional groups attached to an aromatic ring is 2. The fraction of sp³-hybridized carbons (Fsp3) is 0.214. The van der Waals surface area contributed by atoms with Gasteiger partial charge in [-0.2, -0.15) is 16.8 Å². The molecule has 14 N–H and O–H groups in total. The van der Waals surface area contributed by atoms with Gasteiger partial charge in [-0.1, -0.05) is 35.6 Å². The Morgan fingerprint density at radius 3 is 1.24 bits per heavy atom. The van der Waals surface area contributed by atoms with Crippen LogP contribution in [-0.2, 0) is 49.6 Å². The molecule has 35 heteroatoms. The number of carbonyl (C=O) groups is 6. The minimum absolute atomic E-state index is 0. The van der Waals surface area contributed by atoms with E-state index in [1.165, 1.54) is 46.4 Å². The van der Waals surface area contributed by atoms with Gasteiger partial charge < -0.3 is 42.7 Å². The quantitative estimate of drug-likeness (QED) is 0.0350. The molecule has 0 aliphatic carbocycles. The molecule has 0 bridgehead atoms. The average molecular weight is 1120 g/mol. The summed E-state index contributed by atoms with van der Waals surface area (Å²) < 4.78 is 63.2. The largest absolute Gasteiger partial charge is 1.00 e. The number of amides is 4. The van der Waals surface area contributed by atoms with E-state index in [1.54, 1.807) is 0 Å². The number of hydrogen-bond donors (Lipinski definition) is 12. The zero-order valence-corrected chi connectivity index (χ0v) is 42.6. The van der Waals surface area contributed by atoms with Crippen LogP contribution in [0.3, 0.4) is 0 Å². The van der Waals surface area contributed by atoms with Crippen molar-refractivity contribution in [1.82, 2.24) is 30.4 Å². The fourth-order valence-corrected chi connectivity index (χ4v) is 9.01. The normalized spacial score (nSPS) is 20.4. The number of hydrogen-bond acceptors (Lipinski definition) is 22. The molecule has 63 heavy (non-hydrogen) atoms. The number of carboxylic acid groups (broad SMARTS) is 2. The van der Waals surface area contributed by atoms with Crippen LogP contribution < -0.4 is 91.0 Å². The molecule has 0 aromatic carbocycles. The average Bonchev–Trinajstić information content (AvgIpc) is 3.81. The zero-order valence-electron chi connectivity index (χ0n) is 31.4. The number of rotatable bonds is 10. The molecule has 0 saturated carbocycles. The maximum atomic E-state index is 12.4. The van der Waals surface area contributed by atoms with Crippen molar-refractivity contribution in [1.29, 1.82) is 0 Å². The third-order valence-corrected chi connectivity index (χ3v) is 11.6. The number of carboxylic acids is 2. The molecule has 4 aliphatic rings. The van der Waals surface area contributed by atoms with E-state index in [0.29, 0.717) is 22.7 Å². The molecule has 2 aromatic rings. The molecular weight excluding hydrogens is 1090 g/mol. The number of anilines is 2. The van der Waals surface area contributed by atoms with E-state index in [-0.39, 0.29) is 113 Å². The van der Waals surface area contributed by atoms with Crippen LogP contribution in [-0.4, -0.2) is 157 Å². The van der Waals surface area contributed by atoms with Crippen LogP contribution >= 0.6 is 46.2 Å². The molecule has 2 saturated heterocycles. The Bertz CT molecular complexity index is 2350. The minimum Gasteiger partial charge on any atom is -0.477 e. The van der Waals surface area contributed by atoms with E-state index in [4.69, 9.17) is 56.9 Å². The molecular formula is C28H30CsN10O18S6+. The first-order valence-electron chi connectivity index (χ1n) is 15.7. The predicted molar refractivity (Wildman–Crippen MR) is 218 cm³/mol. The van der Waals surface area contributed by atoms with E-state index >= 15 is 0 Å². The Labute approximate surface area is 428 Å². The first-order valence-corrected chi connectivity index (χ1v) is 22.4. The van der Waals surface area contributed by atoms with Crippen molar-refractivity contribution in [3.05, 3.63) is 70.0 Å². The first kappa shape index (κ1) is 55.2. The van der Waals surface area contributed by atoms with Gasteiger partial charge in [-0.05, 0) is 11.1 Å². The van der Waals surface area contributed by atoms with Crippen LogP contribution in [0.15, 0.2) is 68.9 Å². The summed E-state index contributed by atoms with van der Waals surface area (Å²) in [5.41, 5.74) is 11.0. The van der Waals surface area contributed by atoms with Crippen LogP contribution in [0.5, 0.6) is 0 Å². The zero-order chi connectivity index (χ0) is 47.0. The van der Waals surface area contributed by atoms with Gasteiger partial charge in [0.1, 0.15) is 45.6 Å². The first-order chi connectivity index (χ1) is 28.8. The number of allylic oxidation sites excluding steroid dienone is 2. The summed E-state index contributed by atoms with van der Waals surface area (Å²) in [5.74, 6) is -4.55. The number of nitrogens with one attached hydrogen (secondary N) is 2. The van der Waals surface area contributed by atoms with Gasteiger partial charge in [-0.15, -0.1) is 46.2 Å². The van der Waals surface area contributed by atoms with Gasteiger partial charge in [-0.3, -0.25) is 47.2 Å². The molecule has 4 amide bonds. The summed E-state index contributed by atoms with van der Waals surface area (Å²) in [6.07, 6.45) is 2.80. The number of aromatic nitrogens is 2. The number of oxime groups is 2. The van der Waals surface area contributed by atoms with Gasteiger partial charge in [0.15, 0.2) is 21.7 Å². The Morgan fingerprint density at radius 2 is 1.02 bits per heavy atom. The Balaban J connectivity index is 0.000000352. The van der Waals surface area contributed by atoms with Gasteiger partial charge >= 0.3 is 102 Å². The summed E-state index contributed by atoms with van der Waals surface area (Å²) in [7, 11) is -9.33. The fourth-order valence-electron chi connectivity index (χ4n) is 5.24. The molecule has 2 aromatic heterocycles. The summed E-state index contributed by atoms with van der Waals surface area (Å²) in [5, 5.41) is 49.8. The maximum absolute atomic E-state index is 12.4. The van der Waals surface area contributed by atoms with Gasteiger partial charge in [0.2, 0.25) is 0 Å². The minimum atomic E-state index is -4.67. The Morgan fingerprint density at radius 1 is 0.714 bits per heavy atom. The summed E-state index contributed by atoms with van der Waals surface area (Å²) >= 11 is 4.73. The number of β-lactam (4-membered cyclic amide) rings is 2. The number of thioether (sulfide) groups is 2. The third-order valence-electron chi connectivity index (χ3n) is 7.63. The van der Waals surface area contributed by atoms with Crippen LogP contribution in [0, 0.1) is 0 Å². The van der Waals surface area contributed by atoms with Gasteiger partial charge in [0.05, 0.1) is 0 Å². The SMILES string of the molecule is C=CC1=C(C(=O)O)N2C(=O)[C@@H](NC(=O)/C(=N\O)c3csc(N)n3)[C@H]2SC1.C=CC1=C(C(=O)O)N2C(=O)[C@@H](NC(=O)/C(=N\O)c3csc(N)n3)[C@H]2SC1.O=S(=O)(O)O.O=S(=O)(O)O.[Cs+]. The molecule has 4 aliphatic heterocycles. The van der Waals surface area contributed by atoms with Crippen LogP contribution in [0.1, 0.15) is 11.4 Å². The van der Waals surface area contributed by atoms with E-state index in [2.05, 4.69) is 44.1 Å². The summed E-state index contributed by atoms with van der Waals surface area (Å²) in [6, 6.07) is -1.89. The van der Waals surface area contributed by atoms with Crippen molar-refractivity contribution in [2.75, 3.05) is 23.0 Å². The smallest absolute Gasteiger partial charge is 0.477 e. The number of thiazole rings is 2. The topological polar surface area (TPSA) is 466 Å². The Kier molecular flexibility index (Phi) is 20.4. The third kappa shape index (κ3) is 14.5. The van der Waals surface area contributed by atoms with Crippen molar-refractivity contribution in [3.8, 4) is 0 Å². The van der Waals surface area contributed by atoms with Crippen LogP contribution in [0.2, 0.25) is 0 Å². The second-order valence-corrected chi connectivity index (χ2v) is 17.2. The van der Waals surface area contributed by atoms with Gasteiger partial charge in [0, 0.05) is 22.3 Å². The van der Waals surface area contributed by atoms with Crippen molar-refractivity contribution in [2.45, 2.75) is 22.8 Å². The number of fused-ring (bicyclic) bond motifs is 2. The number of nitrogens with zero attached hydrogens (tertiary/aromatic N) is 6.